The van der Waals surface area contributed by atoms with Gasteiger partial charge < -0.3 is 5.32 Å². The van der Waals surface area contributed by atoms with Gasteiger partial charge in [0, 0.05) is 37.0 Å². The normalized spacial score (nSPS) is 33.5. The molecule has 0 aromatic rings. The molecule has 0 amide bonds. The first-order chi connectivity index (χ1) is 8.81. The molecule has 1 aliphatic heterocycles. The molecule has 1 atom stereocenters. The van der Waals surface area contributed by atoms with E-state index < -0.39 is 0 Å². The van der Waals surface area contributed by atoms with Gasteiger partial charge in [-0.25, -0.2) is 0 Å². The fourth-order valence-corrected chi connectivity index (χ4v) is 4.84. The second-order valence-corrected chi connectivity index (χ2v) is 7.86. The average Bonchev–Trinajstić information content (AvgIpc) is 3.24. The lowest BCUT2D eigenvalue weighted by Gasteiger charge is -2.43. The topological polar surface area (TPSA) is 15.3 Å². The van der Waals surface area contributed by atoms with Gasteiger partial charge in [-0.15, -0.1) is 0 Å². The molecule has 0 spiro atoms. The molecule has 3 rings (SSSR count). The summed E-state index contributed by atoms with van der Waals surface area (Å²) in [5, 5.41) is 3.73. The van der Waals surface area contributed by atoms with E-state index in [0.29, 0.717) is 4.75 Å². The summed E-state index contributed by atoms with van der Waals surface area (Å²) < 4.78 is 0.587. The summed E-state index contributed by atoms with van der Waals surface area (Å²) in [7, 11) is 0. The average molecular weight is 268 g/mol. The van der Waals surface area contributed by atoms with Gasteiger partial charge in [0.2, 0.25) is 0 Å². The van der Waals surface area contributed by atoms with Crippen molar-refractivity contribution in [2.45, 2.75) is 55.7 Å². The third-order valence-electron chi connectivity index (χ3n) is 5.19. The Hall–Kier alpha value is 0.270. The maximum absolute atomic E-state index is 3.73. The Morgan fingerprint density at radius 3 is 2.67 bits per heavy atom. The van der Waals surface area contributed by atoms with E-state index in [2.05, 4.69) is 28.2 Å². The van der Waals surface area contributed by atoms with Gasteiger partial charge in [0.05, 0.1) is 0 Å². The number of rotatable bonds is 4. The molecule has 2 aliphatic carbocycles. The van der Waals surface area contributed by atoms with Crippen LogP contribution >= 0.6 is 11.8 Å². The van der Waals surface area contributed by atoms with Crippen molar-refractivity contribution in [1.29, 1.82) is 0 Å². The van der Waals surface area contributed by atoms with Gasteiger partial charge in [-0.2, -0.15) is 11.8 Å². The number of hydrogen-bond donors (Lipinski definition) is 1. The van der Waals surface area contributed by atoms with E-state index in [1.807, 2.05) is 0 Å². The molecule has 0 radical (unpaired) electrons. The third kappa shape index (κ3) is 3.05. The lowest BCUT2D eigenvalue weighted by atomic mass is 9.87. The van der Waals surface area contributed by atoms with E-state index >= 15 is 0 Å². The van der Waals surface area contributed by atoms with E-state index in [-0.39, 0.29) is 0 Å². The molecule has 2 nitrogen and oxygen atoms in total. The van der Waals surface area contributed by atoms with Crippen LogP contribution in [0.4, 0.5) is 0 Å². The summed E-state index contributed by atoms with van der Waals surface area (Å²) in [6.07, 6.45) is 12.6. The van der Waals surface area contributed by atoms with Crippen LogP contribution in [0.15, 0.2) is 0 Å². The van der Waals surface area contributed by atoms with E-state index in [1.54, 1.807) is 0 Å². The van der Waals surface area contributed by atoms with Gasteiger partial charge in [0.1, 0.15) is 0 Å². The Morgan fingerprint density at radius 1 is 1.22 bits per heavy atom. The van der Waals surface area contributed by atoms with Gasteiger partial charge in [0.15, 0.2) is 0 Å². The Balaban J connectivity index is 1.56. The molecule has 1 unspecified atom stereocenters. The maximum atomic E-state index is 3.73. The van der Waals surface area contributed by atoms with Crippen molar-refractivity contribution < 1.29 is 0 Å². The number of nitrogens with one attached hydrogen (secondary N) is 1. The van der Waals surface area contributed by atoms with Crippen LogP contribution in [0.3, 0.4) is 0 Å². The lowest BCUT2D eigenvalue weighted by Crippen LogP contribution is -2.55. The first-order valence-electron chi connectivity index (χ1n) is 7.82. The van der Waals surface area contributed by atoms with Crippen LogP contribution in [-0.2, 0) is 0 Å². The predicted octanol–water partition coefficient (Wildman–Crippen LogP) is 2.74. The Labute approximate surface area is 116 Å². The molecule has 0 aromatic carbocycles. The Bertz CT molecular complexity index is 272. The largest absolute Gasteiger partial charge is 0.311 e. The van der Waals surface area contributed by atoms with E-state index in [4.69, 9.17) is 0 Å². The molecule has 3 heteroatoms. The summed E-state index contributed by atoms with van der Waals surface area (Å²) in [6.45, 7) is 5.14. The number of piperazine rings is 1. The van der Waals surface area contributed by atoms with Crippen molar-refractivity contribution in [3.8, 4) is 0 Å². The highest BCUT2D eigenvalue weighted by atomic mass is 32.2. The monoisotopic (exact) mass is 268 g/mol. The molecule has 1 saturated heterocycles. The van der Waals surface area contributed by atoms with Crippen LogP contribution in [0.1, 0.15) is 44.9 Å². The SMILES string of the molecule is CSC1(CN2CCNC(C3CC3)C2)CCCCC1. The summed E-state index contributed by atoms with van der Waals surface area (Å²) in [6, 6.07) is 0.807. The molecule has 18 heavy (non-hydrogen) atoms. The van der Waals surface area contributed by atoms with Crippen molar-refractivity contribution in [2.75, 3.05) is 32.4 Å². The lowest BCUT2D eigenvalue weighted by molar-refractivity contribution is 0.161. The molecular weight excluding hydrogens is 240 g/mol. The van der Waals surface area contributed by atoms with Crippen molar-refractivity contribution in [1.82, 2.24) is 10.2 Å². The van der Waals surface area contributed by atoms with Crippen LogP contribution in [0.5, 0.6) is 0 Å². The van der Waals surface area contributed by atoms with Crippen LogP contribution in [0.2, 0.25) is 0 Å². The first kappa shape index (κ1) is 13.3. The minimum absolute atomic E-state index is 0.587. The highest BCUT2D eigenvalue weighted by Crippen LogP contribution is 2.40. The highest BCUT2D eigenvalue weighted by molar-refractivity contribution is 8.00. The van der Waals surface area contributed by atoms with Crippen molar-refractivity contribution >= 4 is 11.8 Å². The number of hydrogen-bond acceptors (Lipinski definition) is 3. The van der Waals surface area contributed by atoms with E-state index in [1.165, 1.54) is 71.1 Å². The molecule has 1 N–H and O–H groups in total. The summed E-state index contributed by atoms with van der Waals surface area (Å²) >= 11 is 2.15. The van der Waals surface area contributed by atoms with Crippen LogP contribution in [-0.4, -0.2) is 48.1 Å². The van der Waals surface area contributed by atoms with Crippen LogP contribution in [0, 0.1) is 5.92 Å². The van der Waals surface area contributed by atoms with Crippen molar-refractivity contribution in [2.24, 2.45) is 5.92 Å². The maximum Gasteiger partial charge on any atom is 0.0284 e. The second-order valence-electron chi connectivity index (χ2n) is 6.58. The zero-order chi connectivity index (χ0) is 12.4. The van der Waals surface area contributed by atoms with Crippen LogP contribution in [0.25, 0.3) is 0 Å². The molecule has 3 aliphatic rings. The van der Waals surface area contributed by atoms with Gasteiger partial charge in [-0.3, -0.25) is 4.90 Å². The van der Waals surface area contributed by atoms with Gasteiger partial charge in [-0.1, -0.05) is 19.3 Å². The third-order valence-corrected chi connectivity index (χ3v) is 6.59. The van der Waals surface area contributed by atoms with Gasteiger partial charge >= 0.3 is 0 Å². The molecule has 3 fully saturated rings. The molecule has 104 valence electrons. The molecule has 1 heterocycles. The molecule has 2 saturated carbocycles. The van der Waals surface area contributed by atoms with E-state index in [0.717, 1.165) is 12.0 Å². The fraction of sp³-hybridized carbons (Fsp3) is 1.00. The molecule has 0 aromatic heterocycles. The second kappa shape index (κ2) is 5.72. The Kier molecular flexibility index (Phi) is 4.21. The minimum atomic E-state index is 0.587. The van der Waals surface area contributed by atoms with Gasteiger partial charge in [-0.05, 0) is 37.9 Å². The van der Waals surface area contributed by atoms with Crippen molar-refractivity contribution in [3.63, 3.8) is 0 Å². The Morgan fingerprint density at radius 2 is 2.00 bits per heavy atom. The zero-order valence-corrected chi connectivity index (χ0v) is 12.6. The fourth-order valence-electron chi connectivity index (χ4n) is 3.83. The quantitative estimate of drug-likeness (QED) is 0.844. The predicted molar refractivity (Wildman–Crippen MR) is 80.3 cm³/mol. The molecular formula is C15H28N2S. The highest BCUT2D eigenvalue weighted by Gasteiger charge is 2.37. The standard InChI is InChI=1S/C15H28N2S/c1-18-15(7-3-2-4-8-15)12-17-10-9-16-14(11-17)13-5-6-13/h13-14,16H,2-12H2,1H3. The summed E-state index contributed by atoms with van der Waals surface area (Å²) in [5.41, 5.74) is 0. The van der Waals surface area contributed by atoms with Gasteiger partial charge in [0.25, 0.3) is 0 Å². The van der Waals surface area contributed by atoms with E-state index in [9.17, 15) is 0 Å². The smallest absolute Gasteiger partial charge is 0.0284 e. The molecule has 0 bridgehead atoms. The number of thioether (sulfide) groups is 1. The van der Waals surface area contributed by atoms with Crippen molar-refractivity contribution in [3.05, 3.63) is 0 Å². The minimum Gasteiger partial charge on any atom is -0.311 e. The zero-order valence-electron chi connectivity index (χ0n) is 11.8. The first-order valence-corrected chi connectivity index (χ1v) is 9.05. The summed E-state index contributed by atoms with van der Waals surface area (Å²) in [5.74, 6) is 1.00. The van der Waals surface area contributed by atoms with Crippen LogP contribution < -0.4 is 5.32 Å². The number of nitrogens with zero attached hydrogens (tertiary/aromatic N) is 1. The summed E-state index contributed by atoms with van der Waals surface area (Å²) in [4.78, 5) is 2.77.